The van der Waals surface area contributed by atoms with Crippen molar-refractivity contribution in [3.8, 4) is 0 Å². The van der Waals surface area contributed by atoms with Crippen LogP contribution in [0.1, 0.15) is 19.5 Å². The van der Waals surface area contributed by atoms with E-state index < -0.39 is 5.54 Å². The molecule has 9 heteroatoms. The van der Waals surface area contributed by atoms with E-state index in [-0.39, 0.29) is 5.91 Å². The second-order valence-corrected chi connectivity index (χ2v) is 7.58. The number of pyridine rings is 1. The Morgan fingerprint density at radius 1 is 1.30 bits per heavy atom. The number of nitrogens with one attached hydrogen (secondary N) is 1. The van der Waals surface area contributed by atoms with Crippen molar-refractivity contribution < 1.29 is 4.79 Å². The van der Waals surface area contributed by atoms with Crippen LogP contribution in [-0.2, 0) is 11.3 Å². The third kappa shape index (κ3) is 4.17. The standard InChI is InChI=1S/C18H26ClN7O/c1-18(2,16(20)27)26-8-6-24(7-9-26)17(21-3)22-10-14-12-25-11-13(19)4-5-15(25)23-14/h4-5,11-12H,6-10H2,1-3H3,(H2,20,27)(H,21,22). The van der Waals surface area contributed by atoms with E-state index >= 15 is 0 Å². The van der Waals surface area contributed by atoms with Crippen LogP contribution in [0.3, 0.4) is 0 Å². The quantitative estimate of drug-likeness (QED) is 0.598. The fraction of sp³-hybridized carbons (Fsp3) is 0.500. The molecule has 3 heterocycles. The predicted molar refractivity (Wildman–Crippen MR) is 107 cm³/mol. The Morgan fingerprint density at radius 3 is 2.63 bits per heavy atom. The second kappa shape index (κ2) is 7.74. The van der Waals surface area contributed by atoms with Gasteiger partial charge in [0.25, 0.3) is 0 Å². The van der Waals surface area contributed by atoms with Crippen molar-refractivity contribution in [2.75, 3.05) is 33.2 Å². The Labute approximate surface area is 164 Å². The van der Waals surface area contributed by atoms with Crippen LogP contribution in [-0.4, -0.2) is 69.8 Å². The van der Waals surface area contributed by atoms with Crippen molar-refractivity contribution in [2.45, 2.75) is 25.9 Å². The molecular formula is C18H26ClN7O. The van der Waals surface area contributed by atoms with Gasteiger partial charge < -0.3 is 20.4 Å². The molecule has 146 valence electrons. The number of rotatable bonds is 4. The Kier molecular flexibility index (Phi) is 5.57. The maximum Gasteiger partial charge on any atom is 0.237 e. The average molecular weight is 392 g/mol. The van der Waals surface area contributed by atoms with Gasteiger partial charge in [-0.1, -0.05) is 11.6 Å². The van der Waals surface area contributed by atoms with Crippen molar-refractivity contribution in [1.82, 2.24) is 24.5 Å². The Bertz CT molecular complexity index is 853. The van der Waals surface area contributed by atoms with Gasteiger partial charge in [0.1, 0.15) is 5.65 Å². The van der Waals surface area contributed by atoms with Gasteiger partial charge in [0.15, 0.2) is 5.96 Å². The van der Waals surface area contributed by atoms with E-state index in [9.17, 15) is 4.79 Å². The molecule has 1 aliphatic heterocycles. The van der Waals surface area contributed by atoms with Crippen LogP contribution < -0.4 is 11.1 Å². The number of nitrogens with zero attached hydrogens (tertiary/aromatic N) is 5. The number of amides is 1. The largest absolute Gasteiger partial charge is 0.368 e. The molecule has 0 unspecified atom stereocenters. The van der Waals surface area contributed by atoms with Crippen molar-refractivity contribution in [1.29, 1.82) is 0 Å². The number of halogens is 1. The molecule has 0 spiro atoms. The zero-order valence-corrected chi connectivity index (χ0v) is 16.7. The third-order valence-corrected chi connectivity index (χ3v) is 5.30. The van der Waals surface area contributed by atoms with Gasteiger partial charge in [0.05, 0.1) is 22.8 Å². The van der Waals surface area contributed by atoms with Crippen LogP contribution in [0.4, 0.5) is 0 Å². The number of aromatic nitrogens is 2. The first kappa shape index (κ1) is 19.4. The molecule has 1 aliphatic rings. The number of carbonyl (C=O) groups excluding carboxylic acids is 1. The zero-order valence-electron chi connectivity index (χ0n) is 15.9. The first-order valence-electron chi connectivity index (χ1n) is 8.95. The summed E-state index contributed by atoms with van der Waals surface area (Å²) in [5.74, 6) is 0.520. The smallest absolute Gasteiger partial charge is 0.237 e. The van der Waals surface area contributed by atoms with Gasteiger partial charge in [-0.25, -0.2) is 4.98 Å². The van der Waals surface area contributed by atoms with E-state index in [1.807, 2.05) is 42.8 Å². The normalized spacial score (nSPS) is 16.7. The Balaban J connectivity index is 1.59. The minimum Gasteiger partial charge on any atom is -0.368 e. The number of nitrogens with two attached hydrogens (primary N) is 1. The number of imidazole rings is 1. The van der Waals surface area contributed by atoms with Crippen LogP contribution in [0.15, 0.2) is 29.5 Å². The molecule has 0 atom stereocenters. The van der Waals surface area contributed by atoms with E-state index in [4.69, 9.17) is 17.3 Å². The van der Waals surface area contributed by atoms with Crippen LogP contribution >= 0.6 is 11.6 Å². The summed E-state index contributed by atoms with van der Waals surface area (Å²) in [4.78, 5) is 24.9. The molecular weight excluding hydrogens is 366 g/mol. The highest BCUT2D eigenvalue weighted by atomic mass is 35.5. The van der Waals surface area contributed by atoms with Crippen molar-refractivity contribution >= 4 is 29.1 Å². The predicted octanol–water partition coefficient (Wildman–Crippen LogP) is 0.945. The summed E-state index contributed by atoms with van der Waals surface area (Å²) in [6.45, 7) is 7.36. The fourth-order valence-corrected chi connectivity index (χ4v) is 3.41. The van der Waals surface area contributed by atoms with Crippen molar-refractivity contribution in [3.05, 3.63) is 35.2 Å². The molecule has 2 aromatic heterocycles. The van der Waals surface area contributed by atoms with Crippen LogP contribution in [0.25, 0.3) is 5.65 Å². The van der Waals surface area contributed by atoms with Crippen molar-refractivity contribution in [3.63, 3.8) is 0 Å². The lowest BCUT2D eigenvalue weighted by atomic mass is 10.0. The number of hydrogen-bond acceptors (Lipinski definition) is 4. The minimum atomic E-state index is -0.638. The van der Waals surface area contributed by atoms with Gasteiger partial charge in [-0.05, 0) is 26.0 Å². The van der Waals surface area contributed by atoms with E-state index in [1.165, 1.54) is 0 Å². The number of piperazine rings is 1. The highest BCUT2D eigenvalue weighted by Crippen LogP contribution is 2.17. The summed E-state index contributed by atoms with van der Waals surface area (Å²) in [6, 6.07) is 3.72. The number of fused-ring (bicyclic) bond motifs is 1. The van der Waals surface area contributed by atoms with Gasteiger partial charge >= 0.3 is 0 Å². The van der Waals surface area contributed by atoms with Crippen LogP contribution in [0.5, 0.6) is 0 Å². The third-order valence-electron chi connectivity index (χ3n) is 5.08. The summed E-state index contributed by atoms with van der Waals surface area (Å²) < 4.78 is 1.91. The number of hydrogen-bond donors (Lipinski definition) is 2. The first-order valence-corrected chi connectivity index (χ1v) is 9.33. The number of aliphatic imine (C=N–C) groups is 1. The SMILES string of the molecule is CN=C(NCc1cn2cc(Cl)ccc2n1)N1CCN(C(C)(C)C(N)=O)CC1. The van der Waals surface area contributed by atoms with E-state index in [0.29, 0.717) is 11.6 Å². The Morgan fingerprint density at radius 2 is 2.00 bits per heavy atom. The molecule has 1 saturated heterocycles. The Hall–Kier alpha value is -2.32. The van der Waals surface area contributed by atoms with Crippen LogP contribution in [0.2, 0.25) is 5.02 Å². The first-order chi connectivity index (χ1) is 12.8. The van der Waals surface area contributed by atoms with Gasteiger partial charge in [-0.3, -0.25) is 14.7 Å². The second-order valence-electron chi connectivity index (χ2n) is 7.14. The molecule has 0 saturated carbocycles. The van der Waals surface area contributed by atoms with Gasteiger partial charge in [-0.15, -0.1) is 0 Å². The molecule has 2 aromatic rings. The number of primary amides is 1. The maximum absolute atomic E-state index is 11.7. The highest BCUT2D eigenvalue weighted by Gasteiger charge is 2.35. The maximum atomic E-state index is 11.7. The monoisotopic (exact) mass is 391 g/mol. The molecule has 0 aromatic carbocycles. The molecule has 3 rings (SSSR count). The molecule has 1 fully saturated rings. The zero-order chi connectivity index (χ0) is 19.6. The topological polar surface area (TPSA) is 91.3 Å². The minimum absolute atomic E-state index is 0.301. The average Bonchev–Trinajstić information content (AvgIpc) is 3.04. The summed E-state index contributed by atoms with van der Waals surface area (Å²) in [6.07, 6.45) is 3.79. The molecule has 27 heavy (non-hydrogen) atoms. The lowest BCUT2D eigenvalue weighted by Crippen LogP contribution is -2.61. The molecule has 0 aliphatic carbocycles. The highest BCUT2D eigenvalue weighted by molar-refractivity contribution is 6.30. The summed E-state index contributed by atoms with van der Waals surface area (Å²) in [5, 5.41) is 4.04. The van der Waals surface area contributed by atoms with E-state index in [2.05, 4.69) is 25.1 Å². The number of carbonyl (C=O) groups is 1. The summed E-state index contributed by atoms with van der Waals surface area (Å²) in [7, 11) is 1.77. The van der Waals surface area contributed by atoms with Gasteiger partial charge in [0.2, 0.25) is 5.91 Å². The lowest BCUT2D eigenvalue weighted by molar-refractivity contribution is -0.129. The lowest BCUT2D eigenvalue weighted by Gasteiger charge is -2.43. The molecule has 3 N–H and O–H groups in total. The van der Waals surface area contributed by atoms with E-state index in [0.717, 1.165) is 43.5 Å². The van der Waals surface area contributed by atoms with Crippen molar-refractivity contribution in [2.24, 2.45) is 10.7 Å². The fourth-order valence-electron chi connectivity index (χ4n) is 3.24. The van der Waals surface area contributed by atoms with E-state index in [1.54, 1.807) is 7.05 Å². The molecule has 0 radical (unpaired) electrons. The summed E-state index contributed by atoms with van der Waals surface area (Å²) >= 11 is 6.02. The molecule has 1 amide bonds. The molecule has 0 bridgehead atoms. The molecule has 8 nitrogen and oxygen atoms in total. The van der Waals surface area contributed by atoms with Gasteiger partial charge in [0, 0.05) is 45.6 Å². The van der Waals surface area contributed by atoms with Gasteiger partial charge in [-0.2, -0.15) is 0 Å². The van der Waals surface area contributed by atoms with Crippen LogP contribution in [0, 0.1) is 0 Å². The number of guanidine groups is 1. The summed E-state index contributed by atoms with van der Waals surface area (Å²) in [5.41, 5.74) is 6.65.